The summed E-state index contributed by atoms with van der Waals surface area (Å²) in [6.45, 7) is 1.46. The molecule has 2 aromatic rings. The van der Waals surface area contributed by atoms with Crippen molar-refractivity contribution in [1.82, 2.24) is 5.32 Å². The van der Waals surface area contributed by atoms with Crippen LogP contribution in [-0.4, -0.2) is 18.1 Å². The number of halogens is 2. The zero-order chi connectivity index (χ0) is 18.5. The molecule has 0 spiro atoms. The highest BCUT2D eigenvalue weighted by Gasteiger charge is 2.30. The normalized spacial score (nSPS) is 23.1. The lowest BCUT2D eigenvalue weighted by molar-refractivity contribution is -0.121. The lowest BCUT2D eigenvalue weighted by Gasteiger charge is -2.35. The highest BCUT2D eigenvalue weighted by Crippen LogP contribution is 2.33. The number of amides is 1. The van der Waals surface area contributed by atoms with Crippen molar-refractivity contribution in [2.45, 2.75) is 38.0 Å². The smallest absolute Gasteiger partial charge is 0.217 e. The molecule has 0 aromatic heterocycles. The molecule has 1 fully saturated rings. The molecule has 1 aliphatic heterocycles. The molecular weight excluding hydrogens is 336 g/mol. The van der Waals surface area contributed by atoms with Gasteiger partial charge in [0.2, 0.25) is 5.91 Å². The zero-order valence-corrected chi connectivity index (χ0v) is 14.5. The molecule has 1 N–H and O–H groups in total. The van der Waals surface area contributed by atoms with Crippen molar-refractivity contribution in [3.05, 3.63) is 77.4 Å². The van der Waals surface area contributed by atoms with Crippen LogP contribution < -0.4 is 5.32 Å². The molecule has 2 aromatic carbocycles. The van der Waals surface area contributed by atoms with E-state index in [0.717, 1.165) is 11.6 Å². The molecule has 0 unspecified atom stereocenters. The third kappa shape index (κ3) is 4.99. The van der Waals surface area contributed by atoms with Gasteiger partial charge in [0.05, 0.1) is 12.2 Å². The first kappa shape index (κ1) is 18.3. The van der Waals surface area contributed by atoms with E-state index in [-0.39, 0.29) is 18.1 Å². The van der Waals surface area contributed by atoms with Crippen molar-refractivity contribution in [1.29, 1.82) is 0 Å². The number of hydrogen-bond donors (Lipinski definition) is 1. The second-order valence-corrected chi connectivity index (χ2v) is 6.50. The topological polar surface area (TPSA) is 38.3 Å². The molecule has 0 bridgehead atoms. The molecule has 3 rings (SSSR count). The summed E-state index contributed by atoms with van der Waals surface area (Å²) >= 11 is 0. The first-order valence-electron chi connectivity index (χ1n) is 8.61. The number of hydrogen-bond acceptors (Lipinski definition) is 2. The van der Waals surface area contributed by atoms with E-state index in [2.05, 4.69) is 5.32 Å². The zero-order valence-electron chi connectivity index (χ0n) is 14.5. The Hall–Kier alpha value is -2.53. The molecule has 1 saturated heterocycles. The molecule has 0 saturated carbocycles. The van der Waals surface area contributed by atoms with Crippen LogP contribution >= 0.6 is 0 Å². The van der Waals surface area contributed by atoms with E-state index in [0.29, 0.717) is 18.4 Å². The van der Waals surface area contributed by atoms with E-state index in [4.69, 9.17) is 4.74 Å². The Kier molecular flexibility index (Phi) is 5.78. The lowest BCUT2D eigenvalue weighted by atomic mass is 9.93. The molecule has 1 aliphatic rings. The van der Waals surface area contributed by atoms with Gasteiger partial charge in [-0.05, 0) is 36.1 Å². The summed E-state index contributed by atoms with van der Waals surface area (Å²) in [6.07, 6.45) is 4.19. The van der Waals surface area contributed by atoms with Crippen LogP contribution in [0.1, 0.15) is 37.0 Å². The van der Waals surface area contributed by atoms with E-state index in [9.17, 15) is 13.6 Å². The van der Waals surface area contributed by atoms with Crippen molar-refractivity contribution < 1.29 is 18.3 Å². The summed E-state index contributed by atoms with van der Waals surface area (Å²) in [7, 11) is 0. The maximum absolute atomic E-state index is 13.6. The van der Waals surface area contributed by atoms with Gasteiger partial charge in [0.15, 0.2) is 0 Å². The summed E-state index contributed by atoms with van der Waals surface area (Å²) < 4.78 is 33.2. The molecular formula is C21H21F2NO2. The average molecular weight is 357 g/mol. The second-order valence-electron chi connectivity index (χ2n) is 6.50. The van der Waals surface area contributed by atoms with Gasteiger partial charge in [-0.15, -0.1) is 0 Å². The summed E-state index contributed by atoms with van der Waals surface area (Å²) in [5.41, 5.74) is 1.47. The third-order valence-electron chi connectivity index (χ3n) is 4.32. The fourth-order valence-electron chi connectivity index (χ4n) is 3.24. The molecule has 1 amide bonds. The Labute approximate surface area is 151 Å². The maximum Gasteiger partial charge on any atom is 0.217 e. The van der Waals surface area contributed by atoms with E-state index in [1.165, 1.54) is 19.1 Å². The SMILES string of the molecule is CC(=O)N[C@H]1C[C@@H](/C=C/c2ccccc2)O[C@@H](c2cc(F)cc(F)c2)C1. The molecule has 3 nitrogen and oxygen atoms in total. The van der Waals surface area contributed by atoms with Crippen LogP contribution in [0.3, 0.4) is 0 Å². The Morgan fingerprint density at radius 2 is 1.81 bits per heavy atom. The second kappa shape index (κ2) is 8.23. The molecule has 5 heteroatoms. The van der Waals surface area contributed by atoms with Crippen molar-refractivity contribution in [3.63, 3.8) is 0 Å². The predicted octanol–water partition coefficient (Wildman–Crippen LogP) is 4.40. The minimum atomic E-state index is -0.637. The Balaban J connectivity index is 1.80. The van der Waals surface area contributed by atoms with Gasteiger partial charge in [-0.3, -0.25) is 4.79 Å². The van der Waals surface area contributed by atoms with Crippen molar-refractivity contribution in [2.75, 3.05) is 0 Å². The van der Waals surface area contributed by atoms with Crippen LogP contribution in [-0.2, 0) is 9.53 Å². The van der Waals surface area contributed by atoms with Gasteiger partial charge in [0, 0.05) is 19.0 Å². The van der Waals surface area contributed by atoms with Gasteiger partial charge < -0.3 is 10.1 Å². The standard InChI is InChI=1S/C21H21F2NO2/c1-14(25)24-19-12-20(8-7-15-5-3-2-4-6-15)26-21(13-19)16-9-17(22)11-18(23)10-16/h2-11,19-21H,12-13H2,1H3,(H,24,25)/b8-7+/t19-,20+,21+/m0/s1. The average Bonchev–Trinajstić information content (AvgIpc) is 2.59. The number of ether oxygens (including phenoxy) is 1. The van der Waals surface area contributed by atoms with Crippen molar-refractivity contribution in [3.8, 4) is 0 Å². The fraction of sp³-hybridized carbons (Fsp3) is 0.286. The monoisotopic (exact) mass is 357 g/mol. The summed E-state index contributed by atoms with van der Waals surface area (Å²) in [5.74, 6) is -1.41. The maximum atomic E-state index is 13.6. The first-order valence-corrected chi connectivity index (χ1v) is 8.61. The Bertz CT molecular complexity index is 772. The van der Waals surface area contributed by atoms with E-state index in [1.54, 1.807) is 0 Å². The molecule has 136 valence electrons. The van der Waals surface area contributed by atoms with Gasteiger partial charge in [-0.1, -0.05) is 42.5 Å². The minimum Gasteiger partial charge on any atom is -0.366 e. The van der Waals surface area contributed by atoms with Gasteiger partial charge in [-0.25, -0.2) is 8.78 Å². The van der Waals surface area contributed by atoms with Crippen LogP contribution in [0.2, 0.25) is 0 Å². The van der Waals surface area contributed by atoms with Gasteiger partial charge in [0.1, 0.15) is 11.6 Å². The van der Waals surface area contributed by atoms with Crippen LogP contribution in [0.15, 0.2) is 54.6 Å². The predicted molar refractivity (Wildman–Crippen MR) is 96.3 cm³/mol. The molecule has 1 heterocycles. The van der Waals surface area contributed by atoms with Gasteiger partial charge in [-0.2, -0.15) is 0 Å². The number of carbonyl (C=O) groups is 1. The molecule has 26 heavy (non-hydrogen) atoms. The van der Waals surface area contributed by atoms with E-state index < -0.39 is 17.7 Å². The van der Waals surface area contributed by atoms with Crippen LogP contribution in [0.4, 0.5) is 8.78 Å². The van der Waals surface area contributed by atoms with Gasteiger partial charge in [0.25, 0.3) is 0 Å². The van der Waals surface area contributed by atoms with Crippen molar-refractivity contribution >= 4 is 12.0 Å². The summed E-state index contributed by atoms with van der Waals surface area (Å²) in [6, 6.07) is 13.1. The first-order chi connectivity index (χ1) is 12.5. The Morgan fingerprint density at radius 1 is 1.12 bits per heavy atom. The van der Waals surface area contributed by atoms with E-state index in [1.807, 2.05) is 42.5 Å². The quantitative estimate of drug-likeness (QED) is 0.881. The third-order valence-corrected chi connectivity index (χ3v) is 4.32. The largest absolute Gasteiger partial charge is 0.366 e. The summed E-state index contributed by atoms with van der Waals surface area (Å²) in [4.78, 5) is 11.5. The minimum absolute atomic E-state index is 0.122. The highest BCUT2D eigenvalue weighted by atomic mass is 19.1. The number of nitrogens with one attached hydrogen (secondary N) is 1. The molecule has 3 atom stereocenters. The lowest BCUT2D eigenvalue weighted by Crippen LogP contribution is -2.41. The number of carbonyl (C=O) groups excluding carboxylic acids is 1. The number of rotatable bonds is 4. The van der Waals surface area contributed by atoms with Crippen molar-refractivity contribution in [2.24, 2.45) is 0 Å². The molecule has 0 radical (unpaired) electrons. The van der Waals surface area contributed by atoms with Gasteiger partial charge >= 0.3 is 0 Å². The Morgan fingerprint density at radius 3 is 2.46 bits per heavy atom. The van der Waals surface area contributed by atoms with Crippen LogP contribution in [0.25, 0.3) is 6.08 Å². The number of benzene rings is 2. The highest BCUT2D eigenvalue weighted by molar-refractivity contribution is 5.73. The molecule has 0 aliphatic carbocycles. The fourth-order valence-corrected chi connectivity index (χ4v) is 3.24. The summed E-state index contributed by atoms with van der Waals surface area (Å²) in [5, 5.41) is 2.90. The van der Waals surface area contributed by atoms with Crippen LogP contribution in [0, 0.1) is 11.6 Å². The van der Waals surface area contributed by atoms with Crippen LogP contribution in [0.5, 0.6) is 0 Å². The van der Waals surface area contributed by atoms with E-state index >= 15 is 0 Å².